The van der Waals surface area contributed by atoms with Gasteiger partial charge in [-0.05, 0) is 44.0 Å². The van der Waals surface area contributed by atoms with Gasteiger partial charge in [0, 0.05) is 18.0 Å². The summed E-state index contributed by atoms with van der Waals surface area (Å²) in [7, 11) is -3.50. The molecule has 0 saturated carbocycles. The molecule has 3 aromatic rings. The summed E-state index contributed by atoms with van der Waals surface area (Å²) < 4.78 is 46.5. The summed E-state index contributed by atoms with van der Waals surface area (Å²) in [6, 6.07) is 7.40. The van der Waals surface area contributed by atoms with Gasteiger partial charge in [0.25, 0.3) is 15.9 Å². The van der Waals surface area contributed by atoms with Crippen LogP contribution in [0.3, 0.4) is 0 Å². The van der Waals surface area contributed by atoms with E-state index in [4.69, 9.17) is 16.1 Å². The van der Waals surface area contributed by atoms with Crippen LogP contribution in [0.15, 0.2) is 39.1 Å². The summed E-state index contributed by atoms with van der Waals surface area (Å²) in [5.74, 6) is -0.925. The molecule has 0 atom stereocenters. The molecule has 3 heterocycles. The lowest BCUT2D eigenvalue weighted by atomic mass is 10.0. The molecule has 1 aliphatic heterocycles. The summed E-state index contributed by atoms with van der Waals surface area (Å²) in [5, 5.41) is 6.65. The number of carbonyl (C=O) groups excluding carboxylic acids is 1. The lowest BCUT2D eigenvalue weighted by Crippen LogP contribution is -2.27. The molecule has 4 rings (SSSR count). The highest BCUT2D eigenvalue weighted by molar-refractivity contribution is 7.91. The molecular weight excluding hydrogens is 465 g/mol. The maximum Gasteiger partial charge on any atom is 0.257 e. The van der Waals surface area contributed by atoms with Crippen LogP contribution >= 0.6 is 22.9 Å². The van der Waals surface area contributed by atoms with Crippen molar-refractivity contribution in [2.45, 2.75) is 30.5 Å². The second-order valence-electron chi connectivity index (χ2n) is 7.07. The molecule has 31 heavy (non-hydrogen) atoms. The van der Waals surface area contributed by atoms with Crippen molar-refractivity contribution in [1.82, 2.24) is 14.8 Å². The normalized spacial score (nSPS) is 14.8. The fourth-order valence-corrected chi connectivity index (χ4v) is 6.66. The Bertz CT molecular complexity index is 1210. The van der Waals surface area contributed by atoms with Crippen LogP contribution in [-0.2, 0) is 16.6 Å². The highest BCUT2D eigenvalue weighted by Crippen LogP contribution is 2.33. The van der Waals surface area contributed by atoms with Gasteiger partial charge >= 0.3 is 0 Å². The third-order valence-electron chi connectivity index (χ3n) is 5.01. The van der Waals surface area contributed by atoms with Gasteiger partial charge < -0.3 is 9.84 Å². The Morgan fingerprint density at radius 2 is 2.03 bits per heavy atom. The van der Waals surface area contributed by atoms with Gasteiger partial charge in [-0.3, -0.25) is 4.79 Å². The molecule has 1 aromatic carbocycles. The van der Waals surface area contributed by atoms with Crippen LogP contribution in [0.2, 0.25) is 5.02 Å². The number of rotatable bonds is 6. The maximum absolute atomic E-state index is 14.3. The first-order chi connectivity index (χ1) is 14.8. The number of aromatic nitrogens is 1. The first-order valence-corrected chi connectivity index (χ1v) is 12.2. The molecule has 1 N–H and O–H groups in total. The van der Waals surface area contributed by atoms with Gasteiger partial charge in [0.15, 0.2) is 0 Å². The van der Waals surface area contributed by atoms with Crippen LogP contribution in [0.1, 0.15) is 33.8 Å². The average Bonchev–Trinajstić information content (AvgIpc) is 3.48. The van der Waals surface area contributed by atoms with Crippen molar-refractivity contribution in [3.05, 3.63) is 57.4 Å². The topological polar surface area (TPSA) is 92.5 Å². The number of thiophene rings is 1. The average molecular weight is 484 g/mol. The van der Waals surface area contributed by atoms with E-state index < -0.39 is 21.7 Å². The van der Waals surface area contributed by atoms with Gasteiger partial charge in [0.05, 0.1) is 17.1 Å². The zero-order valence-corrected chi connectivity index (χ0v) is 18.9. The third-order valence-corrected chi connectivity index (χ3v) is 8.77. The number of hydrogen-bond acceptors (Lipinski definition) is 6. The lowest BCUT2D eigenvalue weighted by molar-refractivity contribution is 0.0950. The number of benzene rings is 1. The lowest BCUT2D eigenvalue weighted by Gasteiger charge is -2.13. The molecule has 1 saturated heterocycles. The second kappa shape index (κ2) is 8.70. The number of nitrogens with one attached hydrogen (secondary N) is 1. The van der Waals surface area contributed by atoms with Crippen molar-refractivity contribution in [2.24, 2.45) is 0 Å². The third kappa shape index (κ3) is 4.25. The molecule has 1 amide bonds. The standard InChI is InChI=1S/C20H19ClFN3O4S2/c1-12-17(19(24-29-12)18-14(21)5-4-6-15(18)22)20(26)23-11-13-7-8-16(30-13)31(27,28)25-9-2-3-10-25/h4-8H,2-3,9-11H2,1H3,(H,23,26). The molecule has 1 aliphatic rings. The summed E-state index contributed by atoms with van der Waals surface area (Å²) >= 11 is 7.22. The van der Waals surface area contributed by atoms with E-state index in [1.807, 2.05) is 0 Å². The van der Waals surface area contributed by atoms with Gasteiger partial charge in [-0.2, -0.15) is 4.31 Å². The largest absolute Gasteiger partial charge is 0.360 e. The molecule has 11 heteroatoms. The van der Waals surface area contributed by atoms with Crippen LogP contribution in [0.4, 0.5) is 4.39 Å². The van der Waals surface area contributed by atoms with E-state index in [1.165, 1.54) is 22.5 Å². The Morgan fingerprint density at radius 3 is 2.74 bits per heavy atom. The number of aryl methyl sites for hydroxylation is 1. The van der Waals surface area contributed by atoms with Crippen molar-refractivity contribution in [2.75, 3.05) is 13.1 Å². The molecule has 0 bridgehead atoms. The monoisotopic (exact) mass is 483 g/mol. The Balaban J connectivity index is 1.52. The van der Waals surface area contributed by atoms with Crippen LogP contribution in [0, 0.1) is 12.7 Å². The zero-order chi connectivity index (χ0) is 22.2. The van der Waals surface area contributed by atoms with E-state index in [9.17, 15) is 17.6 Å². The predicted molar refractivity (Wildman–Crippen MR) is 115 cm³/mol. The molecular formula is C20H19ClFN3O4S2. The van der Waals surface area contributed by atoms with E-state index in [0.717, 1.165) is 24.2 Å². The van der Waals surface area contributed by atoms with E-state index in [1.54, 1.807) is 19.1 Å². The SMILES string of the molecule is Cc1onc(-c2c(F)cccc2Cl)c1C(=O)NCc1ccc(S(=O)(=O)N2CCCC2)s1. The Kier molecular flexibility index (Phi) is 6.16. The second-order valence-corrected chi connectivity index (χ2v) is 10.8. The molecule has 1 fully saturated rings. The van der Waals surface area contributed by atoms with Crippen molar-refractivity contribution >= 4 is 38.9 Å². The highest BCUT2D eigenvalue weighted by Gasteiger charge is 2.29. The molecule has 0 aliphatic carbocycles. The van der Waals surface area contributed by atoms with Crippen molar-refractivity contribution in [3.8, 4) is 11.3 Å². The number of carbonyl (C=O) groups is 1. The Morgan fingerprint density at radius 1 is 1.29 bits per heavy atom. The summed E-state index contributed by atoms with van der Waals surface area (Å²) in [6.07, 6.45) is 1.72. The van der Waals surface area contributed by atoms with Crippen molar-refractivity contribution in [3.63, 3.8) is 0 Å². The van der Waals surface area contributed by atoms with Crippen LogP contribution in [-0.4, -0.2) is 36.9 Å². The molecule has 2 aromatic heterocycles. The number of nitrogens with zero attached hydrogens (tertiary/aromatic N) is 2. The highest BCUT2D eigenvalue weighted by atomic mass is 35.5. The zero-order valence-electron chi connectivity index (χ0n) is 16.5. The molecule has 0 spiro atoms. The Labute approximate surface area is 187 Å². The number of halogens is 2. The van der Waals surface area contributed by atoms with Gasteiger partial charge in [-0.1, -0.05) is 22.8 Å². The smallest absolute Gasteiger partial charge is 0.257 e. The fourth-order valence-electron chi connectivity index (χ4n) is 3.44. The van der Waals surface area contributed by atoms with Crippen LogP contribution in [0.5, 0.6) is 0 Å². The minimum absolute atomic E-state index is 0.0127. The van der Waals surface area contributed by atoms with Crippen molar-refractivity contribution < 1.29 is 22.1 Å². The van der Waals surface area contributed by atoms with Gasteiger partial charge in [0.2, 0.25) is 0 Å². The van der Waals surface area contributed by atoms with Gasteiger partial charge in [-0.15, -0.1) is 11.3 Å². The van der Waals surface area contributed by atoms with Gasteiger partial charge in [-0.25, -0.2) is 12.8 Å². The minimum Gasteiger partial charge on any atom is -0.360 e. The van der Waals surface area contributed by atoms with E-state index >= 15 is 0 Å². The van der Waals surface area contributed by atoms with E-state index in [-0.39, 0.29) is 38.4 Å². The predicted octanol–water partition coefficient (Wildman–Crippen LogP) is 4.22. The number of hydrogen-bond donors (Lipinski definition) is 1. The quantitative estimate of drug-likeness (QED) is 0.566. The van der Waals surface area contributed by atoms with Gasteiger partial charge in [0.1, 0.15) is 27.0 Å². The molecule has 0 unspecified atom stereocenters. The van der Waals surface area contributed by atoms with E-state index in [0.29, 0.717) is 18.0 Å². The molecule has 164 valence electrons. The first kappa shape index (κ1) is 21.9. The first-order valence-electron chi connectivity index (χ1n) is 9.56. The number of amides is 1. The van der Waals surface area contributed by atoms with Crippen molar-refractivity contribution in [1.29, 1.82) is 0 Å². The molecule has 7 nitrogen and oxygen atoms in total. The maximum atomic E-state index is 14.3. The summed E-state index contributed by atoms with van der Waals surface area (Å²) in [4.78, 5) is 13.5. The minimum atomic E-state index is -3.50. The molecule has 0 radical (unpaired) electrons. The van der Waals surface area contributed by atoms with Crippen LogP contribution < -0.4 is 5.32 Å². The fraction of sp³-hybridized carbons (Fsp3) is 0.300. The summed E-state index contributed by atoms with van der Waals surface area (Å²) in [6.45, 7) is 2.71. The summed E-state index contributed by atoms with van der Waals surface area (Å²) in [5.41, 5.74) is 0.0799. The number of sulfonamides is 1. The Hall–Kier alpha value is -2.27. The van der Waals surface area contributed by atoms with Crippen LogP contribution in [0.25, 0.3) is 11.3 Å². The van der Waals surface area contributed by atoms with E-state index in [2.05, 4.69) is 10.5 Å².